The Kier molecular flexibility index (Phi) is 3.08. The van der Waals surface area contributed by atoms with E-state index in [4.69, 9.17) is 0 Å². The number of hydrogen-bond acceptors (Lipinski definition) is 1. The van der Waals surface area contributed by atoms with Crippen molar-refractivity contribution in [1.82, 2.24) is 9.88 Å². The van der Waals surface area contributed by atoms with Gasteiger partial charge in [-0.25, -0.2) is 4.39 Å². The summed E-state index contributed by atoms with van der Waals surface area (Å²) in [6, 6.07) is 5.06. The third kappa shape index (κ3) is 2.33. The smallest absolute Gasteiger partial charge is 0.270 e. The Morgan fingerprint density at radius 2 is 2.00 bits per heavy atom. The van der Waals surface area contributed by atoms with Crippen LogP contribution in [0, 0.1) is 11.2 Å². The van der Waals surface area contributed by atoms with Gasteiger partial charge in [-0.3, -0.25) is 4.79 Å². The number of nitrogens with zero attached hydrogens (tertiary/aromatic N) is 1. The number of benzene rings is 1. The van der Waals surface area contributed by atoms with Crippen molar-refractivity contribution < 1.29 is 9.18 Å². The number of carbonyl (C=O) groups is 1. The highest BCUT2D eigenvalue weighted by atomic mass is 19.1. The van der Waals surface area contributed by atoms with Crippen LogP contribution < -0.4 is 0 Å². The molecule has 1 aromatic heterocycles. The molecule has 1 N–H and O–H groups in total. The molecule has 1 aliphatic rings. The van der Waals surface area contributed by atoms with Gasteiger partial charge in [0.25, 0.3) is 5.91 Å². The number of H-pyrrole nitrogens is 1. The molecule has 2 heterocycles. The van der Waals surface area contributed by atoms with E-state index < -0.39 is 0 Å². The Morgan fingerprint density at radius 1 is 1.33 bits per heavy atom. The van der Waals surface area contributed by atoms with Crippen LogP contribution in [-0.4, -0.2) is 28.9 Å². The summed E-state index contributed by atoms with van der Waals surface area (Å²) in [5.74, 6) is -0.0631. The molecule has 1 saturated heterocycles. The molecule has 112 valence electrons. The van der Waals surface area contributed by atoms with Gasteiger partial charge in [-0.05, 0) is 29.0 Å². The first kappa shape index (κ1) is 14.1. The highest BCUT2D eigenvalue weighted by Crippen LogP contribution is 2.32. The number of aromatic nitrogens is 1. The molecular formula is C17H21FN2O. The summed E-state index contributed by atoms with van der Waals surface area (Å²) in [5, 5.41) is 0.813. The van der Waals surface area contributed by atoms with Gasteiger partial charge in [0, 0.05) is 18.5 Å². The quantitative estimate of drug-likeness (QED) is 0.893. The molecule has 21 heavy (non-hydrogen) atoms. The van der Waals surface area contributed by atoms with Crippen molar-refractivity contribution in [3.63, 3.8) is 0 Å². The second kappa shape index (κ2) is 4.58. The van der Waals surface area contributed by atoms with Crippen molar-refractivity contribution >= 4 is 16.8 Å². The number of hydrogen-bond donors (Lipinski definition) is 1. The molecule has 0 bridgehead atoms. The summed E-state index contributed by atoms with van der Waals surface area (Å²) < 4.78 is 14.0. The predicted molar refractivity (Wildman–Crippen MR) is 82.0 cm³/mol. The van der Waals surface area contributed by atoms with Gasteiger partial charge in [0.15, 0.2) is 0 Å². The predicted octanol–water partition coefficient (Wildman–Crippen LogP) is 3.91. The largest absolute Gasteiger partial charge is 0.348 e. The number of rotatable bonds is 2. The van der Waals surface area contributed by atoms with E-state index in [2.05, 4.69) is 32.7 Å². The summed E-state index contributed by atoms with van der Waals surface area (Å²) in [6.45, 7) is 9.91. The van der Waals surface area contributed by atoms with E-state index in [0.29, 0.717) is 11.2 Å². The number of halogens is 1. The van der Waals surface area contributed by atoms with Crippen LogP contribution in [-0.2, 0) is 0 Å². The molecule has 0 spiro atoms. The maximum absolute atomic E-state index is 14.0. The van der Waals surface area contributed by atoms with Crippen molar-refractivity contribution in [2.24, 2.45) is 5.41 Å². The lowest BCUT2D eigenvalue weighted by Gasteiger charge is -2.45. The molecule has 3 rings (SSSR count). The Hall–Kier alpha value is -1.84. The summed E-state index contributed by atoms with van der Waals surface area (Å²) in [4.78, 5) is 17.2. The zero-order valence-electron chi connectivity index (χ0n) is 13.0. The SMILES string of the molecule is CC(C)c1ccc(F)c2[nH]c(C(=O)N3CC(C)(C)C3)cc12. The van der Waals surface area contributed by atoms with Crippen LogP contribution in [0.1, 0.15) is 49.7 Å². The first-order valence-corrected chi connectivity index (χ1v) is 7.39. The van der Waals surface area contributed by atoms with Crippen molar-refractivity contribution in [3.8, 4) is 0 Å². The summed E-state index contributed by atoms with van der Waals surface area (Å²) in [6.07, 6.45) is 0. The lowest BCUT2D eigenvalue weighted by atomic mass is 9.84. The van der Waals surface area contributed by atoms with E-state index in [1.54, 1.807) is 17.0 Å². The molecule has 0 saturated carbocycles. The van der Waals surface area contributed by atoms with Crippen LogP contribution >= 0.6 is 0 Å². The highest BCUT2D eigenvalue weighted by molar-refractivity contribution is 5.99. The standard InChI is InChI=1S/C17H21FN2O/c1-10(2)11-5-6-13(18)15-12(11)7-14(19-15)16(21)20-8-17(3,4)9-20/h5-7,10,19H,8-9H2,1-4H3. The fourth-order valence-corrected chi connectivity index (χ4v) is 3.13. The Balaban J connectivity index is 1.99. The summed E-state index contributed by atoms with van der Waals surface area (Å²) >= 11 is 0. The zero-order chi connectivity index (χ0) is 15.4. The maximum atomic E-state index is 14.0. The van der Waals surface area contributed by atoms with Crippen LogP contribution in [0.15, 0.2) is 18.2 Å². The normalized spacial score (nSPS) is 17.3. The fourth-order valence-electron chi connectivity index (χ4n) is 3.13. The summed E-state index contributed by atoms with van der Waals surface area (Å²) in [7, 11) is 0. The van der Waals surface area contributed by atoms with Gasteiger partial charge in [-0.15, -0.1) is 0 Å². The second-order valence-corrected chi connectivity index (χ2v) is 7.09. The molecule has 2 aromatic rings. The number of aromatic amines is 1. The highest BCUT2D eigenvalue weighted by Gasteiger charge is 2.38. The molecule has 0 atom stereocenters. The van der Waals surface area contributed by atoms with Gasteiger partial charge in [0.2, 0.25) is 0 Å². The molecule has 4 heteroatoms. The van der Waals surface area contributed by atoms with Crippen molar-refractivity contribution in [1.29, 1.82) is 0 Å². The molecule has 1 aromatic carbocycles. The van der Waals surface area contributed by atoms with Crippen LogP contribution in [0.5, 0.6) is 0 Å². The Bertz CT molecular complexity index is 707. The molecular weight excluding hydrogens is 267 g/mol. The third-order valence-corrected chi connectivity index (χ3v) is 4.15. The van der Waals surface area contributed by atoms with Crippen molar-refractivity contribution in [2.75, 3.05) is 13.1 Å². The molecule has 1 fully saturated rings. The minimum Gasteiger partial charge on any atom is -0.348 e. The molecule has 3 nitrogen and oxygen atoms in total. The monoisotopic (exact) mass is 288 g/mol. The minimum atomic E-state index is -0.308. The first-order chi connectivity index (χ1) is 9.78. The Labute approximate surface area is 124 Å². The maximum Gasteiger partial charge on any atom is 0.270 e. The van der Waals surface area contributed by atoms with E-state index in [-0.39, 0.29) is 23.1 Å². The van der Waals surface area contributed by atoms with Gasteiger partial charge in [-0.1, -0.05) is 33.8 Å². The lowest BCUT2D eigenvalue weighted by molar-refractivity contribution is 0.0232. The first-order valence-electron chi connectivity index (χ1n) is 7.39. The second-order valence-electron chi connectivity index (χ2n) is 7.09. The van der Waals surface area contributed by atoms with Crippen LogP contribution in [0.25, 0.3) is 10.9 Å². The molecule has 0 aliphatic carbocycles. The topological polar surface area (TPSA) is 36.1 Å². The summed E-state index contributed by atoms with van der Waals surface area (Å²) in [5.41, 5.74) is 2.17. The number of amides is 1. The van der Waals surface area contributed by atoms with Gasteiger partial charge in [0.05, 0.1) is 5.52 Å². The van der Waals surface area contributed by atoms with Crippen molar-refractivity contribution in [2.45, 2.75) is 33.6 Å². The number of fused-ring (bicyclic) bond motifs is 1. The third-order valence-electron chi connectivity index (χ3n) is 4.15. The Morgan fingerprint density at radius 3 is 2.57 bits per heavy atom. The fraction of sp³-hybridized carbons (Fsp3) is 0.471. The van der Waals surface area contributed by atoms with E-state index in [9.17, 15) is 9.18 Å². The average Bonchev–Trinajstić information content (AvgIpc) is 2.80. The van der Waals surface area contributed by atoms with Crippen LogP contribution in [0.3, 0.4) is 0 Å². The van der Waals surface area contributed by atoms with Crippen molar-refractivity contribution in [3.05, 3.63) is 35.3 Å². The molecule has 0 unspecified atom stereocenters. The van der Waals surface area contributed by atoms with E-state index in [1.807, 2.05) is 0 Å². The number of likely N-dealkylation sites (tertiary alicyclic amines) is 1. The van der Waals surface area contributed by atoms with Crippen LogP contribution in [0.4, 0.5) is 4.39 Å². The molecule has 1 aliphatic heterocycles. The molecule has 1 amide bonds. The number of carbonyl (C=O) groups excluding carboxylic acids is 1. The van der Waals surface area contributed by atoms with Gasteiger partial charge >= 0.3 is 0 Å². The van der Waals surface area contributed by atoms with E-state index in [1.165, 1.54) is 6.07 Å². The van der Waals surface area contributed by atoms with Crippen LogP contribution in [0.2, 0.25) is 0 Å². The molecule has 0 radical (unpaired) electrons. The van der Waals surface area contributed by atoms with Gasteiger partial charge < -0.3 is 9.88 Å². The van der Waals surface area contributed by atoms with E-state index >= 15 is 0 Å². The average molecular weight is 288 g/mol. The van der Waals surface area contributed by atoms with E-state index in [0.717, 1.165) is 24.0 Å². The minimum absolute atomic E-state index is 0.0420. The van der Waals surface area contributed by atoms with Gasteiger partial charge in [-0.2, -0.15) is 0 Å². The number of nitrogens with one attached hydrogen (secondary N) is 1. The zero-order valence-corrected chi connectivity index (χ0v) is 13.0. The van der Waals surface area contributed by atoms with Gasteiger partial charge in [0.1, 0.15) is 11.5 Å². The lowest BCUT2D eigenvalue weighted by Crippen LogP contribution is -2.55.